The average Bonchev–Trinajstić information content (AvgIpc) is 2.46. The van der Waals surface area contributed by atoms with Crippen molar-refractivity contribution in [1.29, 1.82) is 0 Å². The van der Waals surface area contributed by atoms with Crippen LogP contribution in [0.3, 0.4) is 0 Å². The van der Waals surface area contributed by atoms with Gasteiger partial charge in [0.15, 0.2) is 0 Å². The van der Waals surface area contributed by atoms with Gasteiger partial charge in [-0.25, -0.2) is 0 Å². The summed E-state index contributed by atoms with van der Waals surface area (Å²) < 4.78 is 37.9. The van der Waals surface area contributed by atoms with Crippen molar-refractivity contribution in [3.8, 4) is 0 Å². The van der Waals surface area contributed by atoms with Gasteiger partial charge in [0, 0.05) is 24.9 Å². The maximum absolute atomic E-state index is 12.6. The van der Waals surface area contributed by atoms with Gasteiger partial charge in [0.25, 0.3) is 0 Å². The minimum Gasteiger partial charge on any atom is -0.393 e. The number of piperidine rings is 1. The van der Waals surface area contributed by atoms with Gasteiger partial charge in [0.1, 0.15) is 0 Å². The Kier molecular flexibility index (Phi) is 5.11. The second kappa shape index (κ2) is 6.50. The molecule has 2 N–H and O–H groups in total. The molecule has 1 unspecified atom stereocenters. The third-order valence-corrected chi connectivity index (χ3v) is 5.01. The Labute approximate surface area is 128 Å². The van der Waals surface area contributed by atoms with Crippen LogP contribution in [0.1, 0.15) is 38.5 Å². The lowest BCUT2D eigenvalue weighted by Crippen LogP contribution is -2.46. The van der Waals surface area contributed by atoms with Crippen LogP contribution in [0.4, 0.5) is 13.2 Å². The van der Waals surface area contributed by atoms with E-state index in [1.807, 2.05) is 0 Å². The Morgan fingerprint density at radius 2 is 1.71 bits per heavy atom. The predicted molar refractivity (Wildman–Crippen MR) is 77.6 cm³/mol. The SMILES string of the molecule is NC(=S)C1CCCN(C(=O)C2CCC(C(F)(F)F)CC2)C1. The van der Waals surface area contributed by atoms with Crippen molar-refractivity contribution < 1.29 is 18.0 Å². The number of carbonyl (C=O) groups is 1. The maximum atomic E-state index is 12.6. The van der Waals surface area contributed by atoms with Crippen LogP contribution in [-0.4, -0.2) is 35.1 Å². The van der Waals surface area contributed by atoms with E-state index in [1.165, 1.54) is 0 Å². The fourth-order valence-electron chi connectivity index (χ4n) is 3.34. The van der Waals surface area contributed by atoms with Crippen LogP contribution in [0.15, 0.2) is 0 Å². The number of halogens is 3. The molecule has 120 valence electrons. The highest BCUT2D eigenvalue weighted by molar-refractivity contribution is 7.80. The first-order chi connectivity index (χ1) is 9.79. The second-order valence-electron chi connectivity index (χ2n) is 6.12. The number of rotatable bonds is 2. The van der Waals surface area contributed by atoms with E-state index in [4.69, 9.17) is 18.0 Å². The Morgan fingerprint density at radius 1 is 1.10 bits per heavy atom. The standard InChI is InChI=1S/C14H21F3N2OS/c15-14(16,17)11-5-3-9(4-6-11)13(20)19-7-1-2-10(8-19)12(18)21/h9-11H,1-8H2,(H2,18,21). The van der Waals surface area contributed by atoms with Gasteiger partial charge in [-0.3, -0.25) is 4.79 Å². The summed E-state index contributed by atoms with van der Waals surface area (Å²) in [5, 5.41) is 0. The minimum absolute atomic E-state index is 0.0171. The van der Waals surface area contributed by atoms with Gasteiger partial charge in [-0.15, -0.1) is 0 Å². The van der Waals surface area contributed by atoms with E-state index in [0.717, 1.165) is 12.8 Å². The van der Waals surface area contributed by atoms with Crippen molar-refractivity contribution in [1.82, 2.24) is 4.90 Å². The molecule has 1 saturated carbocycles. The van der Waals surface area contributed by atoms with Crippen LogP contribution in [0.2, 0.25) is 0 Å². The van der Waals surface area contributed by atoms with Crippen LogP contribution >= 0.6 is 12.2 Å². The molecule has 1 aliphatic carbocycles. The summed E-state index contributed by atoms with van der Waals surface area (Å²) in [5.41, 5.74) is 5.64. The fourth-order valence-corrected chi connectivity index (χ4v) is 3.53. The van der Waals surface area contributed by atoms with E-state index in [2.05, 4.69) is 0 Å². The molecule has 1 heterocycles. The quantitative estimate of drug-likeness (QED) is 0.795. The van der Waals surface area contributed by atoms with E-state index in [0.29, 0.717) is 30.9 Å². The average molecular weight is 322 g/mol. The molecule has 2 rings (SSSR count). The number of amides is 1. The summed E-state index contributed by atoms with van der Waals surface area (Å²) in [4.78, 5) is 14.6. The van der Waals surface area contributed by atoms with Gasteiger partial charge in [-0.1, -0.05) is 12.2 Å². The number of nitrogens with zero attached hydrogens (tertiary/aromatic N) is 1. The van der Waals surface area contributed by atoms with Crippen molar-refractivity contribution in [2.75, 3.05) is 13.1 Å². The van der Waals surface area contributed by atoms with Gasteiger partial charge >= 0.3 is 6.18 Å². The third kappa shape index (κ3) is 4.08. The molecule has 2 fully saturated rings. The summed E-state index contributed by atoms with van der Waals surface area (Å²) in [7, 11) is 0. The molecule has 0 radical (unpaired) electrons. The van der Waals surface area contributed by atoms with Crippen molar-refractivity contribution in [3.05, 3.63) is 0 Å². The maximum Gasteiger partial charge on any atom is 0.391 e. The lowest BCUT2D eigenvalue weighted by Gasteiger charge is -2.36. The molecule has 1 saturated heterocycles. The molecule has 1 amide bonds. The highest BCUT2D eigenvalue weighted by atomic mass is 32.1. The zero-order valence-corrected chi connectivity index (χ0v) is 12.7. The number of carbonyl (C=O) groups excluding carboxylic acids is 1. The van der Waals surface area contributed by atoms with Crippen LogP contribution in [0.25, 0.3) is 0 Å². The molecule has 0 aromatic rings. The fraction of sp³-hybridized carbons (Fsp3) is 0.857. The summed E-state index contributed by atoms with van der Waals surface area (Å²) >= 11 is 4.98. The van der Waals surface area contributed by atoms with Crippen LogP contribution in [0, 0.1) is 17.8 Å². The topological polar surface area (TPSA) is 46.3 Å². The van der Waals surface area contributed by atoms with Crippen LogP contribution in [-0.2, 0) is 4.79 Å². The van der Waals surface area contributed by atoms with Gasteiger partial charge in [0.2, 0.25) is 5.91 Å². The van der Waals surface area contributed by atoms with Crippen molar-refractivity contribution >= 4 is 23.1 Å². The molecule has 2 aliphatic rings. The van der Waals surface area contributed by atoms with Gasteiger partial charge in [0.05, 0.1) is 10.9 Å². The molecule has 1 atom stereocenters. The number of thiocarbonyl (C=S) groups is 1. The van der Waals surface area contributed by atoms with Crippen LogP contribution < -0.4 is 5.73 Å². The Morgan fingerprint density at radius 3 is 2.24 bits per heavy atom. The van der Waals surface area contributed by atoms with E-state index in [-0.39, 0.29) is 30.6 Å². The van der Waals surface area contributed by atoms with E-state index >= 15 is 0 Å². The summed E-state index contributed by atoms with van der Waals surface area (Å²) in [6.45, 7) is 1.19. The number of hydrogen-bond acceptors (Lipinski definition) is 2. The van der Waals surface area contributed by atoms with Gasteiger partial charge in [-0.05, 0) is 38.5 Å². The molecule has 3 nitrogen and oxygen atoms in total. The summed E-state index contributed by atoms with van der Waals surface area (Å²) in [6.07, 6.45) is -1.60. The Bertz CT molecular complexity index is 406. The Hall–Kier alpha value is -0.850. The normalized spacial score (nSPS) is 31.0. The van der Waals surface area contributed by atoms with Crippen molar-refractivity contribution in [2.45, 2.75) is 44.7 Å². The van der Waals surface area contributed by atoms with Crippen LogP contribution in [0.5, 0.6) is 0 Å². The largest absolute Gasteiger partial charge is 0.393 e. The second-order valence-corrected chi connectivity index (χ2v) is 6.59. The highest BCUT2D eigenvalue weighted by Gasteiger charge is 2.43. The zero-order valence-electron chi connectivity index (χ0n) is 11.9. The van der Waals surface area contributed by atoms with Crippen molar-refractivity contribution in [3.63, 3.8) is 0 Å². The summed E-state index contributed by atoms with van der Waals surface area (Å²) in [6, 6.07) is 0. The first kappa shape index (κ1) is 16.5. The molecule has 0 spiro atoms. The lowest BCUT2D eigenvalue weighted by atomic mass is 9.80. The predicted octanol–water partition coefficient (Wildman–Crippen LogP) is 2.88. The Balaban J connectivity index is 1.88. The van der Waals surface area contributed by atoms with E-state index < -0.39 is 12.1 Å². The lowest BCUT2D eigenvalue weighted by molar-refractivity contribution is -0.185. The number of hydrogen-bond donors (Lipinski definition) is 1. The molecule has 21 heavy (non-hydrogen) atoms. The first-order valence-corrected chi connectivity index (χ1v) is 7.84. The molecule has 0 aromatic carbocycles. The van der Waals surface area contributed by atoms with E-state index in [9.17, 15) is 18.0 Å². The molecular weight excluding hydrogens is 301 g/mol. The molecule has 0 aromatic heterocycles. The molecule has 1 aliphatic heterocycles. The zero-order chi connectivity index (χ0) is 15.6. The number of likely N-dealkylation sites (tertiary alicyclic amines) is 1. The number of alkyl halides is 3. The van der Waals surface area contributed by atoms with Gasteiger partial charge in [-0.2, -0.15) is 13.2 Å². The highest BCUT2D eigenvalue weighted by Crippen LogP contribution is 2.40. The monoisotopic (exact) mass is 322 g/mol. The molecule has 7 heteroatoms. The minimum atomic E-state index is -4.13. The molecular formula is C14H21F3N2OS. The van der Waals surface area contributed by atoms with Crippen molar-refractivity contribution in [2.24, 2.45) is 23.5 Å². The molecule has 0 bridgehead atoms. The number of nitrogens with two attached hydrogens (primary N) is 1. The smallest absolute Gasteiger partial charge is 0.391 e. The van der Waals surface area contributed by atoms with Gasteiger partial charge < -0.3 is 10.6 Å². The summed E-state index contributed by atoms with van der Waals surface area (Å²) in [5.74, 6) is -1.48. The first-order valence-electron chi connectivity index (χ1n) is 7.44. The third-order valence-electron chi connectivity index (χ3n) is 4.67. The van der Waals surface area contributed by atoms with E-state index in [1.54, 1.807) is 4.90 Å².